The van der Waals surface area contributed by atoms with E-state index in [2.05, 4.69) is 10.3 Å². The molecule has 1 aromatic carbocycles. The number of rotatable bonds is 7. The molecule has 5 heteroatoms. The maximum absolute atomic E-state index is 12.5. The summed E-state index contributed by atoms with van der Waals surface area (Å²) >= 11 is 0. The number of hydrogen-bond acceptors (Lipinski definition) is 4. The molecule has 0 saturated heterocycles. The van der Waals surface area contributed by atoms with Crippen LogP contribution in [0, 0.1) is 5.92 Å². The molecule has 1 saturated carbocycles. The minimum Gasteiger partial charge on any atom is -0.493 e. The number of aromatic nitrogens is 1. The van der Waals surface area contributed by atoms with Crippen LogP contribution in [0.4, 0.5) is 0 Å². The highest BCUT2D eigenvalue weighted by atomic mass is 16.5. The molecule has 5 nitrogen and oxygen atoms in total. The van der Waals surface area contributed by atoms with Crippen LogP contribution in [-0.4, -0.2) is 18.0 Å². The Labute approximate surface area is 161 Å². The zero-order valence-electron chi connectivity index (χ0n) is 16.1. The zero-order chi connectivity index (χ0) is 19.1. The quantitative estimate of drug-likeness (QED) is 0.785. The third-order valence-electron chi connectivity index (χ3n) is 5.17. The molecule has 1 unspecified atom stereocenters. The molecule has 3 rings (SSSR count). The van der Waals surface area contributed by atoms with Crippen molar-refractivity contribution in [3.63, 3.8) is 0 Å². The zero-order valence-corrected chi connectivity index (χ0v) is 16.1. The van der Waals surface area contributed by atoms with Crippen LogP contribution in [0.2, 0.25) is 0 Å². The largest absolute Gasteiger partial charge is 0.493 e. The standard InChI is InChI=1S/C22H28N2O3/c1-16(24-22(25)18-6-4-3-5-7-18)19-8-9-20(21(14-19)26-2)27-15-17-10-12-23-13-11-17/h8-14,16,18H,3-7,15H2,1-2H3,(H,24,25). The van der Waals surface area contributed by atoms with Gasteiger partial charge in [0.15, 0.2) is 11.5 Å². The van der Waals surface area contributed by atoms with Crippen LogP contribution in [0.5, 0.6) is 11.5 Å². The Balaban J connectivity index is 1.62. The molecule has 0 bridgehead atoms. The lowest BCUT2D eigenvalue weighted by molar-refractivity contribution is -0.126. The summed E-state index contributed by atoms with van der Waals surface area (Å²) in [6, 6.07) is 9.60. The second-order valence-corrected chi connectivity index (χ2v) is 7.12. The molecule has 1 amide bonds. The molecular weight excluding hydrogens is 340 g/mol. The van der Waals surface area contributed by atoms with Crippen LogP contribution in [0.15, 0.2) is 42.7 Å². The molecule has 0 radical (unpaired) electrons. The van der Waals surface area contributed by atoms with Crippen LogP contribution in [0.25, 0.3) is 0 Å². The van der Waals surface area contributed by atoms with Gasteiger partial charge in [0.2, 0.25) is 5.91 Å². The fourth-order valence-electron chi connectivity index (χ4n) is 3.49. The van der Waals surface area contributed by atoms with E-state index >= 15 is 0 Å². The Bertz CT molecular complexity index is 742. The second-order valence-electron chi connectivity index (χ2n) is 7.12. The van der Waals surface area contributed by atoms with Crippen molar-refractivity contribution in [1.29, 1.82) is 0 Å². The number of amides is 1. The first-order valence-corrected chi connectivity index (χ1v) is 9.67. The monoisotopic (exact) mass is 368 g/mol. The van der Waals surface area contributed by atoms with Gasteiger partial charge < -0.3 is 14.8 Å². The average Bonchev–Trinajstić information content (AvgIpc) is 2.73. The van der Waals surface area contributed by atoms with Crippen LogP contribution >= 0.6 is 0 Å². The number of ether oxygens (including phenoxy) is 2. The predicted octanol–water partition coefficient (Wildman–Crippen LogP) is 4.43. The molecule has 1 heterocycles. The fourth-order valence-corrected chi connectivity index (χ4v) is 3.49. The number of pyridine rings is 1. The summed E-state index contributed by atoms with van der Waals surface area (Å²) in [5, 5.41) is 3.15. The van der Waals surface area contributed by atoms with Gasteiger partial charge in [-0.3, -0.25) is 9.78 Å². The van der Waals surface area contributed by atoms with E-state index in [1.807, 2.05) is 37.3 Å². The Morgan fingerprint density at radius 3 is 2.59 bits per heavy atom. The van der Waals surface area contributed by atoms with Crippen molar-refractivity contribution in [2.75, 3.05) is 7.11 Å². The van der Waals surface area contributed by atoms with Crippen molar-refractivity contribution < 1.29 is 14.3 Å². The van der Waals surface area contributed by atoms with Gasteiger partial charge in [0.25, 0.3) is 0 Å². The van der Waals surface area contributed by atoms with E-state index in [1.165, 1.54) is 6.42 Å². The molecule has 0 aliphatic heterocycles. The third-order valence-corrected chi connectivity index (χ3v) is 5.17. The number of nitrogens with zero attached hydrogens (tertiary/aromatic N) is 1. The molecule has 1 atom stereocenters. The van der Waals surface area contributed by atoms with Crippen LogP contribution in [0.3, 0.4) is 0 Å². The first-order valence-electron chi connectivity index (χ1n) is 9.67. The summed E-state index contributed by atoms with van der Waals surface area (Å²) in [6.45, 7) is 2.46. The number of benzene rings is 1. The van der Waals surface area contributed by atoms with Gasteiger partial charge in [0.1, 0.15) is 6.61 Å². The molecule has 1 fully saturated rings. The number of carbonyl (C=O) groups excluding carboxylic acids is 1. The molecule has 2 aromatic rings. The van der Waals surface area contributed by atoms with Gasteiger partial charge in [-0.15, -0.1) is 0 Å². The molecule has 1 aromatic heterocycles. The Hall–Kier alpha value is -2.56. The van der Waals surface area contributed by atoms with Crippen molar-refractivity contribution >= 4 is 5.91 Å². The lowest BCUT2D eigenvalue weighted by atomic mass is 9.88. The SMILES string of the molecule is COc1cc(C(C)NC(=O)C2CCCCC2)ccc1OCc1ccncc1. The summed E-state index contributed by atoms with van der Waals surface area (Å²) in [6.07, 6.45) is 9.06. The summed E-state index contributed by atoms with van der Waals surface area (Å²) in [7, 11) is 1.63. The van der Waals surface area contributed by atoms with Crippen molar-refractivity contribution in [3.8, 4) is 11.5 Å². The fraction of sp³-hybridized carbons (Fsp3) is 0.455. The highest BCUT2D eigenvalue weighted by molar-refractivity contribution is 5.79. The molecule has 144 valence electrons. The van der Waals surface area contributed by atoms with Gasteiger partial charge in [-0.05, 0) is 55.2 Å². The highest BCUT2D eigenvalue weighted by Gasteiger charge is 2.23. The Morgan fingerprint density at radius 2 is 1.89 bits per heavy atom. The summed E-state index contributed by atoms with van der Waals surface area (Å²) in [5.74, 6) is 1.68. The smallest absolute Gasteiger partial charge is 0.223 e. The topological polar surface area (TPSA) is 60.5 Å². The van der Waals surface area contributed by atoms with Crippen LogP contribution in [-0.2, 0) is 11.4 Å². The summed E-state index contributed by atoms with van der Waals surface area (Å²) in [4.78, 5) is 16.5. The van der Waals surface area contributed by atoms with Gasteiger partial charge in [-0.1, -0.05) is 25.3 Å². The lowest BCUT2D eigenvalue weighted by Gasteiger charge is -2.24. The molecular formula is C22H28N2O3. The van der Waals surface area contributed by atoms with Crippen molar-refractivity contribution in [2.24, 2.45) is 5.92 Å². The average molecular weight is 368 g/mol. The second kappa shape index (κ2) is 9.40. The Kier molecular flexibility index (Phi) is 6.69. The minimum absolute atomic E-state index is 0.0671. The first kappa shape index (κ1) is 19.2. The van der Waals surface area contributed by atoms with Crippen molar-refractivity contribution in [1.82, 2.24) is 10.3 Å². The number of carbonyl (C=O) groups is 1. The van der Waals surface area contributed by atoms with Crippen molar-refractivity contribution in [3.05, 3.63) is 53.9 Å². The minimum atomic E-state index is -0.0671. The van der Waals surface area contributed by atoms with E-state index in [4.69, 9.17) is 9.47 Å². The summed E-state index contributed by atoms with van der Waals surface area (Å²) < 4.78 is 11.4. The van der Waals surface area contributed by atoms with E-state index in [0.29, 0.717) is 18.1 Å². The van der Waals surface area contributed by atoms with E-state index in [1.54, 1.807) is 19.5 Å². The van der Waals surface area contributed by atoms with E-state index < -0.39 is 0 Å². The maximum atomic E-state index is 12.5. The maximum Gasteiger partial charge on any atom is 0.223 e. The third kappa shape index (κ3) is 5.22. The molecule has 0 spiro atoms. The molecule has 1 aliphatic rings. The van der Waals surface area contributed by atoms with Gasteiger partial charge in [0, 0.05) is 18.3 Å². The molecule has 27 heavy (non-hydrogen) atoms. The van der Waals surface area contributed by atoms with Gasteiger partial charge in [-0.25, -0.2) is 0 Å². The van der Waals surface area contributed by atoms with Gasteiger partial charge in [-0.2, -0.15) is 0 Å². The van der Waals surface area contributed by atoms with Crippen LogP contribution < -0.4 is 14.8 Å². The normalized spacial score (nSPS) is 15.8. The number of nitrogens with one attached hydrogen (secondary N) is 1. The number of methoxy groups -OCH3 is 1. The van der Waals surface area contributed by atoms with Crippen molar-refractivity contribution in [2.45, 2.75) is 51.7 Å². The predicted molar refractivity (Wildman–Crippen MR) is 105 cm³/mol. The first-order chi connectivity index (χ1) is 13.2. The molecule has 1 aliphatic carbocycles. The molecule has 1 N–H and O–H groups in total. The van der Waals surface area contributed by atoms with E-state index in [0.717, 1.165) is 36.8 Å². The number of hydrogen-bond donors (Lipinski definition) is 1. The summed E-state index contributed by atoms with van der Waals surface area (Å²) in [5.41, 5.74) is 2.05. The van der Waals surface area contributed by atoms with Crippen LogP contribution in [0.1, 0.15) is 56.2 Å². The van der Waals surface area contributed by atoms with E-state index in [-0.39, 0.29) is 17.9 Å². The van der Waals surface area contributed by atoms with Gasteiger partial charge in [0.05, 0.1) is 13.2 Å². The van der Waals surface area contributed by atoms with E-state index in [9.17, 15) is 4.79 Å². The lowest BCUT2D eigenvalue weighted by Crippen LogP contribution is -2.33. The van der Waals surface area contributed by atoms with Gasteiger partial charge >= 0.3 is 0 Å². The highest BCUT2D eigenvalue weighted by Crippen LogP contribution is 2.31. The Morgan fingerprint density at radius 1 is 1.15 bits per heavy atom.